The Labute approximate surface area is 110 Å². The van der Waals surface area contributed by atoms with Gasteiger partial charge in [0.05, 0.1) is 6.26 Å². The van der Waals surface area contributed by atoms with E-state index in [1.165, 1.54) is 25.7 Å². The van der Waals surface area contributed by atoms with Crippen molar-refractivity contribution in [3.8, 4) is 0 Å². The van der Waals surface area contributed by atoms with Crippen molar-refractivity contribution >= 4 is 0 Å². The van der Waals surface area contributed by atoms with Gasteiger partial charge in [0, 0.05) is 12.6 Å². The first-order chi connectivity index (χ1) is 8.86. The van der Waals surface area contributed by atoms with Crippen molar-refractivity contribution in [2.24, 2.45) is 5.92 Å². The van der Waals surface area contributed by atoms with Crippen molar-refractivity contribution in [2.75, 3.05) is 13.2 Å². The molecule has 1 N–H and O–H groups in total. The Balaban J connectivity index is 1.45. The zero-order chi connectivity index (χ0) is 12.6. The van der Waals surface area contributed by atoms with Crippen LogP contribution in [-0.2, 0) is 11.3 Å². The van der Waals surface area contributed by atoms with Crippen molar-refractivity contribution in [1.82, 2.24) is 5.32 Å². The standard InChI is InChI=1S/C15H25NO2/c1-13(14-6-2-3-7-14)16-9-5-10-17-12-15-8-4-11-18-15/h4,8,11,13-14,16H,2-3,5-7,9-10,12H2,1H3. The fraction of sp³-hybridized carbons (Fsp3) is 0.733. The van der Waals surface area contributed by atoms with E-state index in [2.05, 4.69) is 12.2 Å². The summed E-state index contributed by atoms with van der Waals surface area (Å²) < 4.78 is 10.8. The van der Waals surface area contributed by atoms with E-state index in [0.29, 0.717) is 12.6 Å². The van der Waals surface area contributed by atoms with E-state index in [-0.39, 0.29) is 0 Å². The van der Waals surface area contributed by atoms with Crippen LogP contribution in [0.5, 0.6) is 0 Å². The van der Waals surface area contributed by atoms with Gasteiger partial charge in [-0.3, -0.25) is 0 Å². The van der Waals surface area contributed by atoms with Gasteiger partial charge in [-0.15, -0.1) is 0 Å². The van der Waals surface area contributed by atoms with Crippen molar-refractivity contribution in [3.05, 3.63) is 24.2 Å². The quantitative estimate of drug-likeness (QED) is 0.719. The molecule has 0 aliphatic heterocycles. The van der Waals surface area contributed by atoms with Gasteiger partial charge >= 0.3 is 0 Å². The van der Waals surface area contributed by atoms with Gasteiger partial charge in [0.15, 0.2) is 0 Å². The molecule has 0 aromatic carbocycles. The van der Waals surface area contributed by atoms with Crippen LogP contribution in [0.2, 0.25) is 0 Å². The molecule has 1 heterocycles. The minimum Gasteiger partial charge on any atom is -0.467 e. The molecule has 1 atom stereocenters. The van der Waals surface area contributed by atoms with Crippen LogP contribution < -0.4 is 5.32 Å². The molecule has 1 aliphatic carbocycles. The second-order valence-corrected chi connectivity index (χ2v) is 5.27. The van der Waals surface area contributed by atoms with E-state index < -0.39 is 0 Å². The molecular weight excluding hydrogens is 226 g/mol. The van der Waals surface area contributed by atoms with Crippen LogP contribution in [0.25, 0.3) is 0 Å². The second kappa shape index (κ2) is 7.59. The van der Waals surface area contributed by atoms with Gasteiger partial charge in [0.1, 0.15) is 12.4 Å². The summed E-state index contributed by atoms with van der Waals surface area (Å²) in [6.07, 6.45) is 8.40. The molecule has 0 spiro atoms. The van der Waals surface area contributed by atoms with Crippen LogP contribution in [0.4, 0.5) is 0 Å². The lowest BCUT2D eigenvalue weighted by molar-refractivity contribution is 0.103. The Morgan fingerprint density at radius 2 is 2.28 bits per heavy atom. The van der Waals surface area contributed by atoms with Gasteiger partial charge in [0.25, 0.3) is 0 Å². The first kappa shape index (κ1) is 13.6. The van der Waals surface area contributed by atoms with Crippen LogP contribution >= 0.6 is 0 Å². The maximum atomic E-state index is 5.55. The molecule has 1 unspecified atom stereocenters. The van der Waals surface area contributed by atoms with Crippen molar-refractivity contribution < 1.29 is 9.15 Å². The Morgan fingerprint density at radius 3 is 3.00 bits per heavy atom. The first-order valence-corrected chi connectivity index (χ1v) is 7.20. The van der Waals surface area contributed by atoms with Gasteiger partial charge < -0.3 is 14.5 Å². The van der Waals surface area contributed by atoms with E-state index in [9.17, 15) is 0 Å². The molecule has 3 heteroatoms. The summed E-state index contributed by atoms with van der Waals surface area (Å²) in [6, 6.07) is 4.50. The molecule has 1 aliphatic rings. The molecule has 0 radical (unpaired) electrons. The third-order valence-electron chi connectivity index (χ3n) is 3.86. The number of furan rings is 1. The van der Waals surface area contributed by atoms with E-state index in [1.807, 2.05) is 12.1 Å². The van der Waals surface area contributed by atoms with Crippen LogP contribution in [0.1, 0.15) is 44.8 Å². The summed E-state index contributed by atoms with van der Waals surface area (Å²) in [7, 11) is 0. The van der Waals surface area contributed by atoms with Gasteiger partial charge in [-0.25, -0.2) is 0 Å². The molecule has 0 bridgehead atoms. The summed E-state index contributed by atoms with van der Waals surface area (Å²) in [5.41, 5.74) is 0. The minimum atomic E-state index is 0.588. The molecule has 1 fully saturated rings. The third kappa shape index (κ3) is 4.46. The number of ether oxygens (including phenoxy) is 1. The topological polar surface area (TPSA) is 34.4 Å². The number of rotatable bonds is 8. The SMILES string of the molecule is CC(NCCCOCc1ccco1)C1CCCC1. The van der Waals surface area contributed by atoms with E-state index in [0.717, 1.165) is 31.3 Å². The van der Waals surface area contributed by atoms with Gasteiger partial charge in [-0.05, 0) is 50.8 Å². The summed E-state index contributed by atoms with van der Waals surface area (Å²) in [5.74, 6) is 1.80. The minimum absolute atomic E-state index is 0.588. The van der Waals surface area contributed by atoms with Crippen molar-refractivity contribution in [1.29, 1.82) is 0 Å². The molecular formula is C15H25NO2. The Hall–Kier alpha value is -0.800. The van der Waals surface area contributed by atoms with Gasteiger partial charge in [0.2, 0.25) is 0 Å². The number of nitrogens with one attached hydrogen (secondary N) is 1. The molecule has 3 nitrogen and oxygen atoms in total. The van der Waals surface area contributed by atoms with Crippen LogP contribution in [0.3, 0.4) is 0 Å². The number of hydrogen-bond acceptors (Lipinski definition) is 3. The highest BCUT2D eigenvalue weighted by molar-refractivity contribution is 4.95. The Morgan fingerprint density at radius 1 is 1.44 bits per heavy atom. The summed E-state index contributed by atoms with van der Waals surface area (Å²) >= 11 is 0. The highest BCUT2D eigenvalue weighted by Crippen LogP contribution is 2.27. The van der Waals surface area contributed by atoms with Crippen LogP contribution in [-0.4, -0.2) is 19.2 Å². The third-order valence-corrected chi connectivity index (χ3v) is 3.86. The van der Waals surface area contributed by atoms with Crippen molar-refractivity contribution in [2.45, 2.75) is 51.7 Å². The zero-order valence-electron chi connectivity index (χ0n) is 11.4. The molecule has 2 rings (SSSR count). The van der Waals surface area contributed by atoms with Crippen molar-refractivity contribution in [3.63, 3.8) is 0 Å². The summed E-state index contributed by atoms with van der Waals surface area (Å²) in [6.45, 7) is 4.76. The second-order valence-electron chi connectivity index (χ2n) is 5.27. The highest BCUT2D eigenvalue weighted by Gasteiger charge is 2.20. The normalized spacial score (nSPS) is 18.3. The maximum absolute atomic E-state index is 5.55. The lowest BCUT2D eigenvalue weighted by Crippen LogP contribution is -2.33. The van der Waals surface area contributed by atoms with E-state index in [4.69, 9.17) is 9.15 Å². The van der Waals surface area contributed by atoms with Crippen LogP contribution in [0, 0.1) is 5.92 Å². The molecule has 18 heavy (non-hydrogen) atoms. The largest absolute Gasteiger partial charge is 0.467 e. The lowest BCUT2D eigenvalue weighted by Gasteiger charge is -2.20. The zero-order valence-corrected chi connectivity index (χ0v) is 11.4. The average Bonchev–Trinajstić information content (AvgIpc) is 3.05. The first-order valence-electron chi connectivity index (χ1n) is 7.20. The average molecular weight is 251 g/mol. The molecule has 0 saturated heterocycles. The Bertz CT molecular complexity index is 304. The van der Waals surface area contributed by atoms with E-state index >= 15 is 0 Å². The maximum Gasteiger partial charge on any atom is 0.129 e. The van der Waals surface area contributed by atoms with Gasteiger partial charge in [-0.2, -0.15) is 0 Å². The molecule has 102 valence electrons. The lowest BCUT2D eigenvalue weighted by atomic mass is 10.00. The van der Waals surface area contributed by atoms with Gasteiger partial charge in [-0.1, -0.05) is 12.8 Å². The molecule has 1 saturated carbocycles. The van der Waals surface area contributed by atoms with E-state index in [1.54, 1.807) is 6.26 Å². The molecule has 1 aromatic heterocycles. The predicted molar refractivity (Wildman–Crippen MR) is 72.4 cm³/mol. The number of hydrogen-bond donors (Lipinski definition) is 1. The highest BCUT2D eigenvalue weighted by atomic mass is 16.5. The predicted octanol–water partition coefficient (Wildman–Crippen LogP) is 3.35. The fourth-order valence-corrected chi connectivity index (χ4v) is 2.70. The van der Waals surface area contributed by atoms with Crippen LogP contribution in [0.15, 0.2) is 22.8 Å². The summed E-state index contributed by atoms with van der Waals surface area (Å²) in [4.78, 5) is 0. The smallest absolute Gasteiger partial charge is 0.129 e. The molecule has 1 aromatic rings. The molecule has 0 amide bonds. The Kier molecular flexibility index (Phi) is 5.75. The summed E-state index contributed by atoms with van der Waals surface area (Å²) in [5, 5.41) is 3.61. The monoisotopic (exact) mass is 251 g/mol. The fourth-order valence-electron chi connectivity index (χ4n) is 2.70.